The Bertz CT molecular complexity index is 357. The summed E-state index contributed by atoms with van der Waals surface area (Å²) in [4.78, 5) is 25.8. The Kier molecular flexibility index (Phi) is 5.40. The van der Waals surface area contributed by atoms with Crippen molar-refractivity contribution < 1.29 is 9.59 Å². The second kappa shape index (κ2) is 7.07. The Hall–Kier alpha value is -1.10. The fraction of sp³-hybridized carbons (Fsp3) is 0.867. The van der Waals surface area contributed by atoms with Crippen LogP contribution in [0.4, 0.5) is 0 Å². The van der Waals surface area contributed by atoms with Gasteiger partial charge in [0, 0.05) is 19.0 Å². The van der Waals surface area contributed by atoms with Gasteiger partial charge in [-0.1, -0.05) is 12.8 Å². The lowest BCUT2D eigenvalue weighted by Crippen LogP contribution is -2.47. The molecule has 0 spiro atoms. The van der Waals surface area contributed by atoms with E-state index in [1.54, 1.807) is 0 Å². The molecule has 2 fully saturated rings. The maximum atomic E-state index is 12.6. The molecule has 0 bridgehead atoms. The van der Waals surface area contributed by atoms with Gasteiger partial charge in [0.25, 0.3) is 0 Å². The van der Waals surface area contributed by atoms with Crippen LogP contribution in [0.1, 0.15) is 44.9 Å². The Morgan fingerprint density at radius 2 is 1.85 bits per heavy atom. The number of primary amides is 1. The number of piperidine rings is 1. The van der Waals surface area contributed by atoms with Gasteiger partial charge in [-0.2, -0.15) is 0 Å². The molecule has 0 aromatic carbocycles. The molecule has 1 saturated heterocycles. The van der Waals surface area contributed by atoms with E-state index in [1.165, 1.54) is 6.42 Å². The third-order valence-corrected chi connectivity index (χ3v) is 4.84. The molecule has 5 nitrogen and oxygen atoms in total. The van der Waals surface area contributed by atoms with Crippen LogP contribution in [0.25, 0.3) is 0 Å². The zero-order valence-electron chi connectivity index (χ0n) is 12.2. The summed E-state index contributed by atoms with van der Waals surface area (Å²) in [5.74, 6) is 0.535. The summed E-state index contributed by atoms with van der Waals surface area (Å²) in [5, 5.41) is 0. The van der Waals surface area contributed by atoms with Crippen molar-refractivity contribution in [3.8, 4) is 0 Å². The molecular weight excluding hydrogens is 254 g/mol. The number of hydrogen-bond acceptors (Lipinski definition) is 3. The Balaban J connectivity index is 1.91. The van der Waals surface area contributed by atoms with Gasteiger partial charge in [-0.25, -0.2) is 0 Å². The average Bonchev–Trinajstić information content (AvgIpc) is 2.47. The van der Waals surface area contributed by atoms with Crippen LogP contribution in [-0.2, 0) is 9.59 Å². The first-order chi connectivity index (χ1) is 9.61. The summed E-state index contributed by atoms with van der Waals surface area (Å²) in [6.07, 6.45) is 7.00. The number of rotatable bonds is 4. The van der Waals surface area contributed by atoms with Crippen molar-refractivity contribution in [2.45, 2.75) is 44.9 Å². The molecular formula is C15H27N3O2. The molecule has 0 radical (unpaired) electrons. The monoisotopic (exact) mass is 281 g/mol. The van der Waals surface area contributed by atoms with Crippen molar-refractivity contribution in [3.05, 3.63) is 0 Å². The second-order valence-corrected chi connectivity index (χ2v) is 6.33. The molecule has 0 aromatic heterocycles. The van der Waals surface area contributed by atoms with Crippen LogP contribution in [-0.4, -0.2) is 36.3 Å². The molecule has 3 unspecified atom stereocenters. The van der Waals surface area contributed by atoms with Gasteiger partial charge in [0.1, 0.15) is 0 Å². The number of carbonyl (C=O) groups is 2. The first-order valence-electron chi connectivity index (χ1n) is 7.90. The van der Waals surface area contributed by atoms with Gasteiger partial charge in [-0.15, -0.1) is 0 Å². The van der Waals surface area contributed by atoms with E-state index in [1.807, 2.05) is 4.90 Å². The molecule has 2 amide bonds. The van der Waals surface area contributed by atoms with Crippen molar-refractivity contribution in [2.24, 2.45) is 29.2 Å². The Morgan fingerprint density at radius 1 is 1.10 bits per heavy atom. The van der Waals surface area contributed by atoms with E-state index in [2.05, 4.69) is 0 Å². The molecule has 1 aliphatic carbocycles. The van der Waals surface area contributed by atoms with E-state index in [0.29, 0.717) is 19.0 Å². The highest BCUT2D eigenvalue weighted by atomic mass is 16.2. The first-order valence-corrected chi connectivity index (χ1v) is 7.90. The van der Waals surface area contributed by atoms with Crippen LogP contribution in [0.15, 0.2) is 0 Å². The Labute approximate surface area is 121 Å². The molecule has 114 valence electrons. The maximum absolute atomic E-state index is 12.6. The molecule has 5 heteroatoms. The Morgan fingerprint density at radius 3 is 2.55 bits per heavy atom. The number of carbonyl (C=O) groups excluding carboxylic acids is 2. The minimum atomic E-state index is -0.271. The normalized spacial score (nSPS) is 31.1. The van der Waals surface area contributed by atoms with Crippen molar-refractivity contribution in [1.82, 2.24) is 4.90 Å². The van der Waals surface area contributed by atoms with Gasteiger partial charge in [0.2, 0.25) is 11.8 Å². The number of nitrogens with two attached hydrogens (primary N) is 2. The van der Waals surface area contributed by atoms with E-state index < -0.39 is 0 Å². The van der Waals surface area contributed by atoms with E-state index in [-0.39, 0.29) is 23.7 Å². The zero-order valence-corrected chi connectivity index (χ0v) is 12.2. The molecule has 1 heterocycles. The number of likely N-dealkylation sites (tertiary alicyclic amines) is 1. The fourth-order valence-electron chi connectivity index (χ4n) is 3.68. The van der Waals surface area contributed by atoms with E-state index >= 15 is 0 Å². The molecule has 2 aliphatic rings. The van der Waals surface area contributed by atoms with Crippen LogP contribution in [0.2, 0.25) is 0 Å². The van der Waals surface area contributed by atoms with Gasteiger partial charge in [0.05, 0.1) is 5.92 Å². The van der Waals surface area contributed by atoms with E-state index in [4.69, 9.17) is 11.5 Å². The highest BCUT2D eigenvalue weighted by molar-refractivity contribution is 5.81. The van der Waals surface area contributed by atoms with Gasteiger partial charge < -0.3 is 16.4 Å². The topological polar surface area (TPSA) is 89.4 Å². The summed E-state index contributed by atoms with van der Waals surface area (Å²) < 4.78 is 0. The van der Waals surface area contributed by atoms with E-state index in [0.717, 1.165) is 45.1 Å². The number of hydrogen-bond donors (Lipinski definition) is 2. The highest BCUT2D eigenvalue weighted by Crippen LogP contribution is 2.32. The third-order valence-electron chi connectivity index (χ3n) is 4.84. The van der Waals surface area contributed by atoms with Crippen molar-refractivity contribution in [3.63, 3.8) is 0 Å². The maximum Gasteiger partial charge on any atom is 0.225 e. The van der Waals surface area contributed by atoms with Crippen LogP contribution >= 0.6 is 0 Å². The van der Waals surface area contributed by atoms with Gasteiger partial charge in [-0.3, -0.25) is 9.59 Å². The fourth-order valence-corrected chi connectivity index (χ4v) is 3.68. The SMILES string of the molecule is NCCC1CCCC(C(=O)N2CCCC(C(N)=O)C2)C1. The van der Waals surface area contributed by atoms with Gasteiger partial charge in [-0.05, 0) is 44.6 Å². The van der Waals surface area contributed by atoms with E-state index in [9.17, 15) is 9.59 Å². The van der Waals surface area contributed by atoms with Crippen molar-refractivity contribution in [1.29, 1.82) is 0 Å². The number of nitrogens with zero attached hydrogens (tertiary/aromatic N) is 1. The minimum absolute atomic E-state index is 0.131. The number of amides is 2. The highest BCUT2D eigenvalue weighted by Gasteiger charge is 2.33. The molecule has 4 N–H and O–H groups in total. The lowest BCUT2D eigenvalue weighted by atomic mass is 9.79. The molecule has 0 aromatic rings. The average molecular weight is 281 g/mol. The summed E-state index contributed by atoms with van der Waals surface area (Å²) in [6, 6.07) is 0. The summed E-state index contributed by atoms with van der Waals surface area (Å²) in [7, 11) is 0. The quantitative estimate of drug-likeness (QED) is 0.801. The second-order valence-electron chi connectivity index (χ2n) is 6.33. The smallest absolute Gasteiger partial charge is 0.225 e. The molecule has 3 atom stereocenters. The standard InChI is InChI=1S/C15H27N3O2/c16-7-6-11-3-1-4-12(9-11)15(20)18-8-2-5-13(10-18)14(17)19/h11-13H,1-10,16H2,(H2,17,19). The zero-order chi connectivity index (χ0) is 14.5. The predicted molar refractivity (Wildman–Crippen MR) is 77.6 cm³/mol. The lowest BCUT2D eigenvalue weighted by Gasteiger charge is -2.36. The van der Waals surface area contributed by atoms with Gasteiger partial charge in [0.15, 0.2) is 0 Å². The summed E-state index contributed by atoms with van der Waals surface area (Å²) in [5.41, 5.74) is 11.0. The van der Waals surface area contributed by atoms with Crippen molar-refractivity contribution in [2.75, 3.05) is 19.6 Å². The predicted octanol–water partition coefficient (Wildman–Crippen LogP) is 0.866. The molecule has 2 rings (SSSR count). The van der Waals surface area contributed by atoms with Crippen LogP contribution in [0, 0.1) is 17.8 Å². The summed E-state index contributed by atoms with van der Waals surface area (Å²) >= 11 is 0. The molecule has 1 aliphatic heterocycles. The van der Waals surface area contributed by atoms with Crippen molar-refractivity contribution >= 4 is 11.8 Å². The third kappa shape index (κ3) is 3.72. The largest absolute Gasteiger partial charge is 0.369 e. The first kappa shape index (κ1) is 15.3. The minimum Gasteiger partial charge on any atom is -0.369 e. The molecule has 1 saturated carbocycles. The van der Waals surface area contributed by atoms with Crippen LogP contribution in [0.5, 0.6) is 0 Å². The molecule has 20 heavy (non-hydrogen) atoms. The van der Waals surface area contributed by atoms with Crippen LogP contribution < -0.4 is 11.5 Å². The lowest BCUT2D eigenvalue weighted by molar-refractivity contribution is -0.140. The van der Waals surface area contributed by atoms with Crippen LogP contribution in [0.3, 0.4) is 0 Å². The summed E-state index contributed by atoms with van der Waals surface area (Å²) in [6.45, 7) is 2.01. The van der Waals surface area contributed by atoms with Gasteiger partial charge >= 0.3 is 0 Å².